The molecule has 0 bridgehead atoms. The van der Waals surface area contributed by atoms with Gasteiger partial charge in [-0.15, -0.1) is 0 Å². The summed E-state index contributed by atoms with van der Waals surface area (Å²) in [5.74, 6) is 0.552. The van der Waals surface area contributed by atoms with Crippen LogP contribution in [-0.2, 0) is 27.9 Å². The number of ether oxygens (including phenoxy) is 1. The Labute approximate surface area is 227 Å². The van der Waals surface area contributed by atoms with Crippen LogP contribution in [0.5, 0.6) is 5.75 Å². The van der Waals surface area contributed by atoms with Gasteiger partial charge in [0.15, 0.2) is 0 Å². The lowest BCUT2D eigenvalue weighted by atomic mass is 10.2. The van der Waals surface area contributed by atoms with Gasteiger partial charge in [0.1, 0.15) is 28.9 Å². The summed E-state index contributed by atoms with van der Waals surface area (Å²) in [7, 11) is -2.34. The van der Waals surface area contributed by atoms with Gasteiger partial charge in [-0.05, 0) is 48.9 Å². The molecular weight excluding hydrogens is 514 g/mol. The maximum absolute atomic E-state index is 13.6. The second-order valence-electron chi connectivity index (χ2n) is 8.73. The quantitative estimate of drug-likeness (QED) is 0.209. The van der Waals surface area contributed by atoms with Crippen LogP contribution in [0.1, 0.15) is 22.6 Å². The zero-order valence-corrected chi connectivity index (χ0v) is 22.3. The van der Waals surface area contributed by atoms with Crippen molar-refractivity contribution in [2.24, 2.45) is 0 Å². The van der Waals surface area contributed by atoms with Gasteiger partial charge < -0.3 is 14.5 Å². The molecular formula is C30H27N3O5S. The Balaban J connectivity index is 1.56. The second-order valence-corrected chi connectivity index (χ2v) is 10.7. The number of carbonyl (C=O) groups excluding carboxylic acids is 1. The van der Waals surface area contributed by atoms with Crippen LogP contribution in [0.15, 0.2) is 106 Å². The van der Waals surface area contributed by atoms with Crippen LogP contribution in [0.4, 0.5) is 5.69 Å². The number of hydrogen-bond donors (Lipinski definition) is 1. The number of nitrogens with zero attached hydrogens (tertiary/aromatic N) is 2. The number of nitrogens with one attached hydrogen (secondary N) is 1. The van der Waals surface area contributed by atoms with Crippen LogP contribution in [0.3, 0.4) is 0 Å². The van der Waals surface area contributed by atoms with E-state index in [4.69, 9.17) is 9.15 Å². The number of nitriles is 1. The van der Waals surface area contributed by atoms with Crippen molar-refractivity contribution < 1.29 is 22.4 Å². The SMILES string of the molecule is COc1cccc(NC(=O)/C(C#N)=C\c2ccc(CN(Cc3ccccc3)S(=O)(=O)c3ccc(C)cc3)o2)c1. The van der Waals surface area contributed by atoms with Crippen molar-refractivity contribution in [3.8, 4) is 11.8 Å². The lowest BCUT2D eigenvalue weighted by Gasteiger charge is -2.21. The van der Waals surface area contributed by atoms with Crippen LogP contribution >= 0.6 is 0 Å². The third-order valence-electron chi connectivity index (χ3n) is 5.85. The lowest BCUT2D eigenvalue weighted by Crippen LogP contribution is -2.30. The molecule has 3 aromatic carbocycles. The van der Waals surface area contributed by atoms with E-state index >= 15 is 0 Å². The Bertz CT molecular complexity index is 1620. The number of carbonyl (C=O) groups is 1. The Morgan fingerprint density at radius 1 is 1.00 bits per heavy atom. The van der Waals surface area contributed by atoms with E-state index in [9.17, 15) is 18.5 Å². The van der Waals surface area contributed by atoms with Gasteiger partial charge in [-0.2, -0.15) is 9.57 Å². The third-order valence-corrected chi connectivity index (χ3v) is 7.66. The number of aryl methyl sites for hydroxylation is 1. The highest BCUT2D eigenvalue weighted by Gasteiger charge is 2.26. The number of methoxy groups -OCH3 is 1. The number of furan rings is 1. The molecule has 1 amide bonds. The summed E-state index contributed by atoms with van der Waals surface area (Å²) >= 11 is 0. The molecule has 4 rings (SSSR count). The van der Waals surface area contributed by atoms with E-state index in [1.807, 2.05) is 43.3 Å². The van der Waals surface area contributed by atoms with Crippen LogP contribution in [0, 0.1) is 18.3 Å². The number of anilines is 1. The van der Waals surface area contributed by atoms with Gasteiger partial charge in [0.25, 0.3) is 5.91 Å². The van der Waals surface area contributed by atoms with Gasteiger partial charge >= 0.3 is 0 Å². The first-order chi connectivity index (χ1) is 18.8. The number of rotatable bonds is 10. The summed E-state index contributed by atoms with van der Waals surface area (Å²) in [4.78, 5) is 12.9. The fourth-order valence-electron chi connectivity index (χ4n) is 3.79. The van der Waals surface area contributed by atoms with Gasteiger partial charge in [0.2, 0.25) is 10.0 Å². The first-order valence-electron chi connectivity index (χ1n) is 12.0. The molecule has 0 spiro atoms. The molecule has 0 aliphatic carbocycles. The molecule has 4 aromatic rings. The van der Waals surface area contributed by atoms with Crippen LogP contribution in [0.25, 0.3) is 6.08 Å². The molecule has 0 atom stereocenters. The van der Waals surface area contributed by atoms with Crippen LogP contribution in [0.2, 0.25) is 0 Å². The van der Waals surface area contributed by atoms with E-state index < -0.39 is 15.9 Å². The van der Waals surface area contributed by atoms with E-state index in [1.54, 1.807) is 60.7 Å². The molecule has 198 valence electrons. The molecule has 1 aromatic heterocycles. The molecule has 1 heterocycles. The molecule has 0 saturated carbocycles. The Kier molecular flexibility index (Phi) is 8.61. The normalized spacial score (nSPS) is 11.7. The third kappa shape index (κ3) is 7.02. The second kappa shape index (κ2) is 12.3. The number of benzene rings is 3. The average molecular weight is 542 g/mol. The van der Waals surface area contributed by atoms with E-state index in [0.717, 1.165) is 11.1 Å². The van der Waals surface area contributed by atoms with E-state index in [1.165, 1.54) is 17.5 Å². The largest absolute Gasteiger partial charge is 0.497 e. The molecule has 0 saturated heterocycles. The summed E-state index contributed by atoms with van der Waals surface area (Å²) in [6.45, 7) is 1.98. The fourth-order valence-corrected chi connectivity index (χ4v) is 5.19. The van der Waals surface area contributed by atoms with E-state index in [0.29, 0.717) is 17.2 Å². The van der Waals surface area contributed by atoms with Gasteiger partial charge in [-0.3, -0.25) is 4.79 Å². The smallest absolute Gasteiger partial charge is 0.266 e. The van der Waals surface area contributed by atoms with Crippen LogP contribution < -0.4 is 10.1 Å². The topological polar surface area (TPSA) is 113 Å². The summed E-state index contributed by atoms with van der Waals surface area (Å²) in [5.41, 5.74) is 2.07. The molecule has 8 nitrogen and oxygen atoms in total. The van der Waals surface area contributed by atoms with Crippen molar-refractivity contribution in [2.45, 2.75) is 24.9 Å². The molecule has 0 unspecified atom stereocenters. The maximum Gasteiger partial charge on any atom is 0.266 e. The van der Waals surface area contributed by atoms with E-state index in [-0.39, 0.29) is 29.3 Å². The standard InChI is InChI=1S/C30H27N3O5S/c1-22-11-15-29(16-12-22)39(35,36)33(20-23-7-4-3-5-8-23)21-28-14-13-27(38-28)17-24(19-31)30(34)32-25-9-6-10-26(18-25)37-2/h3-18H,20-21H2,1-2H3,(H,32,34)/b24-17-. The average Bonchev–Trinajstić information content (AvgIpc) is 3.39. The van der Waals surface area contributed by atoms with Crippen molar-refractivity contribution in [2.75, 3.05) is 12.4 Å². The van der Waals surface area contributed by atoms with Gasteiger partial charge in [0.05, 0.1) is 18.6 Å². The lowest BCUT2D eigenvalue weighted by molar-refractivity contribution is -0.112. The monoisotopic (exact) mass is 541 g/mol. The van der Waals surface area contributed by atoms with Crippen molar-refractivity contribution in [1.29, 1.82) is 5.26 Å². The fraction of sp³-hybridized carbons (Fsp3) is 0.133. The Hall–Kier alpha value is -4.65. The van der Waals surface area contributed by atoms with Gasteiger partial charge in [0, 0.05) is 24.4 Å². The molecule has 0 radical (unpaired) electrons. The summed E-state index contributed by atoms with van der Waals surface area (Å²) in [6.07, 6.45) is 1.31. The van der Waals surface area contributed by atoms with Gasteiger partial charge in [-0.1, -0.05) is 54.1 Å². The zero-order valence-electron chi connectivity index (χ0n) is 21.5. The highest BCUT2D eigenvalue weighted by atomic mass is 32.2. The van der Waals surface area contributed by atoms with Crippen molar-refractivity contribution in [1.82, 2.24) is 4.31 Å². The van der Waals surface area contributed by atoms with Crippen molar-refractivity contribution in [3.05, 3.63) is 119 Å². The Morgan fingerprint density at radius 2 is 1.74 bits per heavy atom. The van der Waals surface area contributed by atoms with Crippen molar-refractivity contribution >= 4 is 27.7 Å². The Morgan fingerprint density at radius 3 is 2.44 bits per heavy atom. The maximum atomic E-state index is 13.6. The molecule has 0 fully saturated rings. The highest BCUT2D eigenvalue weighted by Crippen LogP contribution is 2.24. The zero-order chi connectivity index (χ0) is 27.8. The highest BCUT2D eigenvalue weighted by molar-refractivity contribution is 7.89. The molecule has 1 N–H and O–H groups in total. The number of sulfonamides is 1. The predicted molar refractivity (Wildman–Crippen MR) is 148 cm³/mol. The summed E-state index contributed by atoms with van der Waals surface area (Å²) < 4.78 is 39.4. The molecule has 39 heavy (non-hydrogen) atoms. The molecule has 0 aliphatic heterocycles. The van der Waals surface area contributed by atoms with Crippen molar-refractivity contribution in [3.63, 3.8) is 0 Å². The van der Waals surface area contributed by atoms with E-state index in [2.05, 4.69) is 5.32 Å². The minimum Gasteiger partial charge on any atom is -0.497 e. The minimum atomic E-state index is -3.86. The summed E-state index contributed by atoms with van der Waals surface area (Å²) in [6, 6.07) is 27.8. The number of hydrogen-bond acceptors (Lipinski definition) is 6. The van der Waals surface area contributed by atoms with Gasteiger partial charge in [-0.25, -0.2) is 8.42 Å². The summed E-state index contributed by atoms with van der Waals surface area (Å²) in [5, 5.41) is 12.2. The molecule has 9 heteroatoms. The first kappa shape index (κ1) is 27.4. The minimum absolute atomic E-state index is 0.0448. The predicted octanol–water partition coefficient (Wildman–Crippen LogP) is 5.53. The number of amides is 1. The first-order valence-corrected chi connectivity index (χ1v) is 13.5. The molecule has 0 aliphatic rings. The van der Waals surface area contributed by atoms with Crippen LogP contribution in [-0.4, -0.2) is 25.7 Å².